The van der Waals surface area contributed by atoms with Gasteiger partial charge in [0, 0.05) is 19.1 Å². The highest BCUT2D eigenvalue weighted by molar-refractivity contribution is 4.82. The molecule has 2 heteroatoms. The van der Waals surface area contributed by atoms with Gasteiger partial charge in [0.25, 0.3) is 0 Å². The van der Waals surface area contributed by atoms with Crippen LogP contribution in [0, 0.1) is 11.8 Å². The summed E-state index contributed by atoms with van der Waals surface area (Å²) in [5, 5.41) is 0. The lowest BCUT2D eigenvalue weighted by molar-refractivity contribution is 0.176. The van der Waals surface area contributed by atoms with Gasteiger partial charge in [0.05, 0.1) is 0 Å². The maximum Gasteiger partial charge on any atom is 0.0219 e. The van der Waals surface area contributed by atoms with Gasteiger partial charge in [0.1, 0.15) is 0 Å². The molecule has 1 saturated carbocycles. The zero-order chi connectivity index (χ0) is 10.7. The van der Waals surface area contributed by atoms with E-state index in [9.17, 15) is 0 Å². The second-order valence-corrected chi connectivity index (χ2v) is 5.65. The Bertz CT molecular complexity index is 185. The molecule has 0 spiro atoms. The summed E-state index contributed by atoms with van der Waals surface area (Å²) in [5.41, 5.74) is 5.81. The quantitative estimate of drug-likeness (QED) is 0.774. The van der Waals surface area contributed by atoms with E-state index >= 15 is 0 Å². The Balaban J connectivity index is 1.76. The number of hydrogen-bond acceptors (Lipinski definition) is 2. The van der Waals surface area contributed by atoms with Gasteiger partial charge in [-0.25, -0.2) is 0 Å². The lowest BCUT2D eigenvalue weighted by Crippen LogP contribution is -2.39. The topological polar surface area (TPSA) is 29.3 Å². The van der Waals surface area contributed by atoms with Gasteiger partial charge in [-0.05, 0) is 44.1 Å². The van der Waals surface area contributed by atoms with Gasteiger partial charge in [0.15, 0.2) is 0 Å². The minimum atomic E-state index is 0.698. The summed E-state index contributed by atoms with van der Waals surface area (Å²) in [6.45, 7) is 5.89. The summed E-state index contributed by atoms with van der Waals surface area (Å²) in [4.78, 5) is 2.65. The van der Waals surface area contributed by atoms with E-state index in [0.717, 1.165) is 18.4 Å². The number of nitrogens with two attached hydrogens (primary N) is 1. The summed E-state index contributed by atoms with van der Waals surface area (Å²) < 4.78 is 0. The Kier molecular flexibility index (Phi) is 4.04. The fourth-order valence-corrected chi connectivity index (χ4v) is 3.25. The molecule has 1 heterocycles. The van der Waals surface area contributed by atoms with Crippen LogP contribution < -0.4 is 5.73 Å². The first-order valence-corrected chi connectivity index (χ1v) is 6.73. The van der Waals surface area contributed by atoms with Gasteiger partial charge >= 0.3 is 0 Å². The predicted molar refractivity (Wildman–Crippen MR) is 64.8 cm³/mol. The second kappa shape index (κ2) is 5.31. The molecule has 1 atom stereocenters. The van der Waals surface area contributed by atoms with E-state index in [4.69, 9.17) is 5.73 Å². The maximum atomic E-state index is 5.81. The third kappa shape index (κ3) is 2.94. The van der Waals surface area contributed by atoms with Crippen molar-refractivity contribution in [3.63, 3.8) is 0 Å². The Morgan fingerprint density at radius 3 is 2.53 bits per heavy atom. The van der Waals surface area contributed by atoms with Gasteiger partial charge in [0.2, 0.25) is 0 Å². The van der Waals surface area contributed by atoms with Gasteiger partial charge in [-0.1, -0.05) is 19.8 Å². The van der Waals surface area contributed by atoms with Crippen LogP contribution in [0.25, 0.3) is 0 Å². The number of nitrogens with zero attached hydrogens (tertiary/aromatic N) is 1. The number of hydrogen-bond donors (Lipinski definition) is 1. The van der Waals surface area contributed by atoms with Gasteiger partial charge < -0.3 is 5.73 Å². The van der Waals surface area contributed by atoms with Gasteiger partial charge in [-0.2, -0.15) is 0 Å². The predicted octanol–water partition coefficient (Wildman–Crippen LogP) is 2.24. The molecule has 1 aliphatic heterocycles. The molecule has 1 aliphatic carbocycles. The van der Waals surface area contributed by atoms with E-state index < -0.39 is 0 Å². The minimum absolute atomic E-state index is 0.698. The summed E-state index contributed by atoms with van der Waals surface area (Å²) in [7, 11) is 0. The minimum Gasteiger partial charge on any atom is -0.329 e. The van der Waals surface area contributed by atoms with Crippen LogP contribution in [0.1, 0.15) is 45.4 Å². The maximum absolute atomic E-state index is 5.81. The average molecular weight is 210 g/mol. The smallest absolute Gasteiger partial charge is 0.0219 e. The highest BCUT2D eigenvalue weighted by atomic mass is 15.2. The number of likely N-dealkylation sites (tertiary alicyclic amines) is 1. The van der Waals surface area contributed by atoms with Gasteiger partial charge in [-0.3, -0.25) is 4.90 Å². The van der Waals surface area contributed by atoms with Crippen LogP contribution in [0.15, 0.2) is 0 Å². The SMILES string of the molecule is CC1CCC(CN2CCCC2CN)CC1. The Morgan fingerprint density at radius 2 is 1.87 bits per heavy atom. The van der Waals surface area contributed by atoms with Crippen molar-refractivity contribution in [2.24, 2.45) is 17.6 Å². The van der Waals surface area contributed by atoms with E-state index in [-0.39, 0.29) is 0 Å². The lowest BCUT2D eigenvalue weighted by Gasteiger charge is -2.32. The third-order valence-corrected chi connectivity index (χ3v) is 4.40. The second-order valence-electron chi connectivity index (χ2n) is 5.65. The molecule has 2 aliphatic rings. The van der Waals surface area contributed by atoms with Gasteiger partial charge in [-0.15, -0.1) is 0 Å². The Labute approximate surface area is 94.2 Å². The van der Waals surface area contributed by atoms with Crippen molar-refractivity contribution in [3.8, 4) is 0 Å². The molecule has 88 valence electrons. The van der Waals surface area contributed by atoms with Crippen LogP contribution in [0.2, 0.25) is 0 Å². The molecule has 0 amide bonds. The highest BCUT2D eigenvalue weighted by Gasteiger charge is 2.27. The molecule has 0 aromatic carbocycles. The molecule has 0 bridgehead atoms. The Morgan fingerprint density at radius 1 is 1.13 bits per heavy atom. The monoisotopic (exact) mass is 210 g/mol. The number of rotatable bonds is 3. The van der Waals surface area contributed by atoms with Crippen molar-refractivity contribution in [1.82, 2.24) is 4.90 Å². The zero-order valence-corrected chi connectivity index (χ0v) is 10.1. The molecule has 2 nitrogen and oxygen atoms in total. The van der Waals surface area contributed by atoms with E-state index in [2.05, 4.69) is 11.8 Å². The van der Waals surface area contributed by atoms with Crippen LogP contribution in [0.3, 0.4) is 0 Å². The lowest BCUT2D eigenvalue weighted by atomic mass is 9.83. The average Bonchev–Trinajstić information content (AvgIpc) is 2.69. The fraction of sp³-hybridized carbons (Fsp3) is 1.00. The molecule has 2 fully saturated rings. The van der Waals surface area contributed by atoms with E-state index in [0.29, 0.717) is 6.04 Å². The van der Waals surface area contributed by atoms with Crippen LogP contribution in [0.4, 0.5) is 0 Å². The van der Waals surface area contributed by atoms with Crippen molar-refractivity contribution in [2.45, 2.75) is 51.5 Å². The summed E-state index contributed by atoms with van der Waals surface area (Å²) >= 11 is 0. The van der Waals surface area contributed by atoms with Crippen LogP contribution in [-0.2, 0) is 0 Å². The van der Waals surface area contributed by atoms with Crippen LogP contribution in [-0.4, -0.2) is 30.6 Å². The molecule has 0 radical (unpaired) electrons. The van der Waals surface area contributed by atoms with Crippen molar-refractivity contribution >= 4 is 0 Å². The zero-order valence-electron chi connectivity index (χ0n) is 10.1. The molecule has 2 N–H and O–H groups in total. The Hall–Kier alpha value is -0.0800. The molecule has 1 saturated heterocycles. The van der Waals surface area contributed by atoms with Crippen molar-refractivity contribution < 1.29 is 0 Å². The molecule has 1 unspecified atom stereocenters. The van der Waals surface area contributed by atoms with E-state index in [1.165, 1.54) is 51.6 Å². The van der Waals surface area contributed by atoms with Crippen molar-refractivity contribution in [1.29, 1.82) is 0 Å². The molecule has 15 heavy (non-hydrogen) atoms. The largest absolute Gasteiger partial charge is 0.329 e. The molecular weight excluding hydrogens is 184 g/mol. The first kappa shape index (κ1) is 11.4. The van der Waals surface area contributed by atoms with Crippen molar-refractivity contribution in [3.05, 3.63) is 0 Å². The van der Waals surface area contributed by atoms with E-state index in [1.807, 2.05) is 0 Å². The summed E-state index contributed by atoms with van der Waals surface area (Å²) in [6.07, 6.45) is 8.51. The molecular formula is C13H26N2. The molecule has 2 rings (SSSR count). The van der Waals surface area contributed by atoms with Crippen LogP contribution >= 0.6 is 0 Å². The van der Waals surface area contributed by atoms with Crippen LogP contribution in [0.5, 0.6) is 0 Å². The third-order valence-electron chi connectivity index (χ3n) is 4.40. The highest BCUT2D eigenvalue weighted by Crippen LogP contribution is 2.30. The first-order valence-electron chi connectivity index (χ1n) is 6.73. The summed E-state index contributed by atoms with van der Waals surface area (Å²) in [6, 6.07) is 0.698. The molecule has 0 aromatic heterocycles. The fourth-order valence-electron chi connectivity index (χ4n) is 3.25. The van der Waals surface area contributed by atoms with E-state index in [1.54, 1.807) is 0 Å². The standard InChI is InChI=1S/C13H26N2/c1-11-4-6-12(7-5-11)10-15-8-2-3-13(15)9-14/h11-13H,2-10,14H2,1H3. The normalized spacial score (nSPS) is 38.4. The van der Waals surface area contributed by atoms with Crippen molar-refractivity contribution in [2.75, 3.05) is 19.6 Å². The molecule has 0 aromatic rings. The first-order chi connectivity index (χ1) is 7.29. The summed E-state index contributed by atoms with van der Waals surface area (Å²) in [5.74, 6) is 1.94.